The minimum atomic E-state index is -4.75. The van der Waals surface area contributed by atoms with Crippen LogP contribution in [-0.4, -0.2) is 18.3 Å². The lowest BCUT2D eigenvalue weighted by Crippen LogP contribution is -2.18. The van der Waals surface area contributed by atoms with Gasteiger partial charge in [0.15, 0.2) is 0 Å². The van der Waals surface area contributed by atoms with Gasteiger partial charge in [0.1, 0.15) is 5.75 Å². The summed E-state index contributed by atoms with van der Waals surface area (Å²) in [6.45, 7) is 1.84. The molecule has 1 aromatic carbocycles. The molecule has 0 aliphatic heterocycles. The molecule has 0 aliphatic carbocycles. The van der Waals surface area contributed by atoms with E-state index in [4.69, 9.17) is 5.73 Å². The van der Waals surface area contributed by atoms with Crippen LogP contribution in [0.1, 0.15) is 26.2 Å². The lowest BCUT2D eigenvalue weighted by Gasteiger charge is -2.11. The maximum Gasteiger partial charge on any atom is 0.573 e. The van der Waals surface area contributed by atoms with Crippen molar-refractivity contribution >= 4 is 11.6 Å². The number of hydrogen-bond acceptors (Lipinski definition) is 3. The van der Waals surface area contributed by atoms with Crippen molar-refractivity contribution in [1.29, 1.82) is 0 Å². The van der Waals surface area contributed by atoms with Crippen LogP contribution in [0.15, 0.2) is 24.3 Å². The van der Waals surface area contributed by atoms with Crippen LogP contribution in [-0.2, 0) is 4.79 Å². The van der Waals surface area contributed by atoms with E-state index in [9.17, 15) is 18.0 Å². The molecule has 1 amide bonds. The molecule has 0 saturated heterocycles. The highest BCUT2D eigenvalue weighted by Crippen LogP contribution is 2.25. The quantitative estimate of drug-likeness (QED) is 0.846. The van der Waals surface area contributed by atoms with Crippen LogP contribution >= 0.6 is 0 Å². The Morgan fingerprint density at radius 3 is 2.75 bits per heavy atom. The summed E-state index contributed by atoms with van der Waals surface area (Å²) >= 11 is 0. The van der Waals surface area contributed by atoms with Crippen LogP contribution in [0, 0.1) is 0 Å². The Morgan fingerprint density at radius 2 is 2.15 bits per heavy atom. The standard InChI is InChI=1S/C13H17F3N2O2/c1-9(17)4-2-7-12(19)18-10-5-3-6-11(8-10)20-13(14,15)16/h3,5-6,8-9H,2,4,7,17H2,1H3,(H,18,19). The van der Waals surface area contributed by atoms with E-state index in [-0.39, 0.29) is 29.8 Å². The third-order valence-electron chi connectivity index (χ3n) is 2.41. The SMILES string of the molecule is CC(N)CCCC(=O)Nc1cccc(OC(F)(F)F)c1. The average Bonchev–Trinajstić information content (AvgIpc) is 2.26. The molecule has 1 atom stereocenters. The second-order valence-corrected chi connectivity index (χ2v) is 4.49. The minimum Gasteiger partial charge on any atom is -0.406 e. The lowest BCUT2D eigenvalue weighted by atomic mass is 10.1. The first kappa shape index (κ1) is 16.3. The molecule has 1 rings (SSSR count). The molecular weight excluding hydrogens is 273 g/mol. The van der Waals surface area contributed by atoms with Crippen LogP contribution in [0.2, 0.25) is 0 Å². The van der Waals surface area contributed by atoms with E-state index in [2.05, 4.69) is 10.1 Å². The van der Waals surface area contributed by atoms with E-state index in [1.807, 2.05) is 6.92 Å². The van der Waals surface area contributed by atoms with Gasteiger partial charge in [0, 0.05) is 24.2 Å². The van der Waals surface area contributed by atoms with E-state index in [0.29, 0.717) is 12.8 Å². The zero-order chi connectivity index (χ0) is 15.2. The number of benzene rings is 1. The molecule has 0 fully saturated rings. The number of anilines is 1. The number of alkyl halides is 3. The van der Waals surface area contributed by atoms with Crippen molar-refractivity contribution in [3.63, 3.8) is 0 Å². The maximum atomic E-state index is 12.1. The van der Waals surface area contributed by atoms with Gasteiger partial charge in [-0.25, -0.2) is 0 Å². The van der Waals surface area contributed by atoms with E-state index in [1.54, 1.807) is 0 Å². The van der Waals surface area contributed by atoms with Crippen LogP contribution in [0.4, 0.5) is 18.9 Å². The summed E-state index contributed by atoms with van der Waals surface area (Å²) in [4.78, 5) is 11.6. The molecule has 0 spiro atoms. The molecule has 4 nitrogen and oxygen atoms in total. The molecule has 0 heterocycles. The Morgan fingerprint density at radius 1 is 1.45 bits per heavy atom. The second-order valence-electron chi connectivity index (χ2n) is 4.49. The predicted octanol–water partition coefficient (Wildman–Crippen LogP) is 3.04. The minimum absolute atomic E-state index is 0.0197. The van der Waals surface area contributed by atoms with Gasteiger partial charge in [-0.05, 0) is 31.9 Å². The third-order valence-corrected chi connectivity index (χ3v) is 2.41. The van der Waals surface area contributed by atoms with Crippen LogP contribution in [0.3, 0.4) is 0 Å². The van der Waals surface area contributed by atoms with Gasteiger partial charge in [-0.3, -0.25) is 4.79 Å². The largest absolute Gasteiger partial charge is 0.573 e. The molecule has 0 saturated carbocycles. The monoisotopic (exact) mass is 290 g/mol. The fraction of sp³-hybridized carbons (Fsp3) is 0.462. The van der Waals surface area contributed by atoms with Gasteiger partial charge in [-0.2, -0.15) is 0 Å². The molecule has 3 N–H and O–H groups in total. The van der Waals surface area contributed by atoms with Crippen molar-refractivity contribution in [3.05, 3.63) is 24.3 Å². The molecule has 0 bridgehead atoms. The highest BCUT2D eigenvalue weighted by molar-refractivity contribution is 5.90. The highest BCUT2D eigenvalue weighted by atomic mass is 19.4. The summed E-state index contributed by atoms with van der Waals surface area (Å²) in [6.07, 6.45) is -3.14. The Balaban J connectivity index is 2.51. The van der Waals surface area contributed by atoms with Crippen molar-refractivity contribution in [2.24, 2.45) is 5.73 Å². The predicted molar refractivity (Wildman–Crippen MR) is 69.3 cm³/mol. The zero-order valence-corrected chi connectivity index (χ0v) is 11.0. The first-order valence-corrected chi connectivity index (χ1v) is 6.17. The van der Waals surface area contributed by atoms with Gasteiger partial charge < -0.3 is 15.8 Å². The van der Waals surface area contributed by atoms with E-state index < -0.39 is 6.36 Å². The summed E-state index contributed by atoms with van der Waals surface area (Å²) in [7, 11) is 0. The van der Waals surface area contributed by atoms with Gasteiger partial charge in [0.2, 0.25) is 5.91 Å². The highest BCUT2D eigenvalue weighted by Gasteiger charge is 2.31. The van der Waals surface area contributed by atoms with Crippen molar-refractivity contribution in [1.82, 2.24) is 0 Å². The molecule has 0 radical (unpaired) electrons. The normalized spacial score (nSPS) is 12.8. The molecular formula is C13H17F3N2O2. The van der Waals surface area contributed by atoms with Gasteiger partial charge in [0.05, 0.1) is 0 Å². The lowest BCUT2D eigenvalue weighted by molar-refractivity contribution is -0.274. The van der Waals surface area contributed by atoms with Gasteiger partial charge in [0.25, 0.3) is 0 Å². The smallest absolute Gasteiger partial charge is 0.406 e. The van der Waals surface area contributed by atoms with Crippen molar-refractivity contribution in [2.45, 2.75) is 38.6 Å². The Labute approximate surface area is 115 Å². The number of rotatable bonds is 6. The fourth-order valence-electron chi connectivity index (χ4n) is 1.58. The van der Waals surface area contributed by atoms with Gasteiger partial charge >= 0.3 is 6.36 Å². The molecule has 112 valence electrons. The summed E-state index contributed by atoms with van der Waals surface area (Å²) < 4.78 is 39.9. The number of ether oxygens (including phenoxy) is 1. The third kappa shape index (κ3) is 6.98. The average molecular weight is 290 g/mol. The Bertz CT molecular complexity index is 447. The number of amides is 1. The number of hydrogen-bond donors (Lipinski definition) is 2. The van der Waals surface area contributed by atoms with E-state index in [1.165, 1.54) is 18.2 Å². The number of nitrogens with two attached hydrogens (primary N) is 1. The summed E-state index contributed by atoms with van der Waals surface area (Å²) in [5, 5.41) is 2.51. The van der Waals surface area contributed by atoms with Crippen molar-refractivity contribution in [2.75, 3.05) is 5.32 Å². The van der Waals surface area contributed by atoms with Gasteiger partial charge in [-0.1, -0.05) is 6.07 Å². The summed E-state index contributed by atoms with van der Waals surface area (Å²) in [5.41, 5.74) is 5.82. The number of halogens is 3. The van der Waals surface area contributed by atoms with Crippen LogP contribution in [0.25, 0.3) is 0 Å². The topological polar surface area (TPSA) is 64.4 Å². The maximum absolute atomic E-state index is 12.1. The Hall–Kier alpha value is -1.76. The molecule has 20 heavy (non-hydrogen) atoms. The van der Waals surface area contributed by atoms with Crippen LogP contribution < -0.4 is 15.8 Å². The van der Waals surface area contributed by atoms with E-state index >= 15 is 0 Å². The van der Waals surface area contributed by atoms with E-state index in [0.717, 1.165) is 6.07 Å². The number of nitrogens with one attached hydrogen (secondary N) is 1. The molecule has 7 heteroatoms. The molecule has 0 aromatic heterocycles. The number of carbonyl (C=O) groups excluding carboxylic acids is 1. The fourth-order valence-corrected chi connectivity index (χ4v) is 1.58. The van der Waals surface area contributed by atoms with Crippen molar-refractivity contribution in [3.8, 4) is 5.75 Å². The molecule has 1 aromatic rings. The first-order valence-electron chi connectivity index (χ1n) is 6.17. The first-order chi connectivity index (χ1) is 9.26. The van der Waals surface area contributed by atoms with Crippen molar-refractivity contribution < 1.29 is 22.7 Å². The number of carbonyl (C=O) groups is 1. The second kappa shape index (κ2) is 7.14. The zero-order valence-electron chi connectivity index (χ0n) is 11.0. The molecule has 0 aliphatic rings. The summed E-state index contributed by atoms with van der Waals surface area (Å²) in [6, 6.07) is 5.17. The van der Waals surface area contributed by atoms with Gasteiger partial charge in [-0.15, -0.1) is 13.2 Å². The molecule has 1 unspecified atom stereocenters. The summed E-state index contributed by atoms with van der Waals surface area (Å²) in [5.74, 6) is -0.638. The van der Waals surface area contributed by atoms with Crippen LogP contribution in [0.5, 0.6) is 5.75 Å². The Kier molecular flexibility index (Phi) is 5.82.